The van der Waals surface area contributed by atoms with Gasteiger partial charge < -0.3 is 39.4 Å². The number of ether oxygens (including phenoxy) is 4. The van der Waals surface area contributed by atoms with Gasteiger partial charge in [0, 0.05) is 12.8 Å². The summed E-state index contributed by atoms with van der Waals surface area (Å²) in [7, 11) is 0. The third kappa shape index (κ3) is 30.4. The van der Waals surface area contributed by atoms with Gasteiger partial charge in [-0.1, -0.05) is 206 Å². The fourth-order valence-electron chi connectivity index (χ4n) is 7.66. The number of aliphatic hydroxyl groups excluding tert-OH is 4. The summed E-state index contributed by atoms with van der Waals surface area (Å²) in [6, 6.07) is 0. The Balaban J connectivity index is 2.27. The van der Waals surface area contributed by atoms with E-state index < -0.39 is 49.4 Å². The molecule has 0 aromatic rings. The zero-order valence-corrected chi connectivity index (χ0v) is 36.9. The lowest BCUT2D eigenvalue weighted by atomic mass is 9.99. The first-order valence-corrected chi connectivity index (χ1v) is 24.1. The summed E-state index contributed by atoms with van der Waals surface area (Å²) in [6.07, 6.45) is 32.5. The van der Waals surface area contributed by atoms with Crippen molar-refractivity contribution in [1.82, 2.24) is 0 Å². The molecule has 0 spiro atoms. The molecule has 0 aliphatic carbocycles. The summed E-state index contributed by atoms with van der Waals surface area (Å²) in [6.45, 7) is 3.46. The van der Waals surface area contributed by atoms with E-state index in [9.17, 15) is 30.0 Å². The highest BCUT2D eigenvalue weighted by Crippen LogP contribution is 2.23. The predicted octanol–water partition coefficient (Wildman–Crippen LogP) is 10.6. The standard InChI is InChI=1S/C47H90O10/c1-3-5-7-9-11-13-15-17-19-20-21-22-24-25-27-29-31-33-35-42(49)54-38-40(39-55-47-46(53)45(52)44(51)41(37-48)57-47)56-43(50)36-34-32-30-28-26-23-18-16-14-12-10-8-6-4-2/h40-41,44-48,51-53H,3-39H2,1-2H3/t40-,41-,44+,45?,46?,47-/m0/s1. The average molecular weight is 815 g/mol. The van der Waals surface area contributed by atoms with E-state index in [1.807, 2.05) is 0 Å². The van der Waals surface area contributed by atoms with Crippen LogP contribution in [0.2, 0.25) is 0 Å². The molecular weight excluding hydrogens is 725 g/mol. The molecule has 1 aliphatic heterocycles. The van der Waals surface area contributed by atoms with E-state index in [0.29, 0.717) is 6.42 Å². The van der Waals surface area contributed by atoms with Gasteiger partial charge in [0.15, 0.2) is 12.4 Å². The number of esters is 2. The van der Waals surface area contributed by atoms with Crippen LogP contribution >= 0.6 is 0 Å². The second-order valence-corrected chi connectivity index (χ2v) is 16.9. The lowest BCUT2D eigenvalue weighted by Crippen LogP contribution is -2.59. The van der Waals surface area contributed by atoms with Crippen LogP contribution < -0.4 is 0 Å². The molecule has 338 valence electrons. The Morgan fingerprint density at radius 3 is 1.19 bits per heavy atom. The molecule has 1 heterocycles. The first kappa shape index (κ1) is 53.7. The third-order valence-corrected chi connectivity index (χ3v) is 11.5. The summed E-state index contributed by atoms with van der Waals surface area (Å²) in [4.78, 5) is 25.4. The van der Waals surface area contributed by atoms with Gasteiger partial charge in [-0.2, -0.15) is 0 Å². The minimum absolute atomic E-state index is 0.209. The van der Waals surface area contributed by atoms with Crippen LogP contribution in [0.1, 0.15) is 232 Å². The van der Waals surface area contributed by atoms with Gasteiger partial charge in [-0.15, -0.1) is 0 Å². The van der Waals surface area contributed by atoms with E-state index in [1.54, 1.807) is 0 Å². The molecule has 0 aromatic heterocycles. The molecule has 2 unspecified atom stereocenters. The molecule has 0 aromatic carbocycles. The van der Waals surface area contributed by atoms with Crippen molar-refractivity contribution in [3.8, 4) is 0 Å². The van der Waals surface area contributed by atoms with Crippen LogP contribution in [-0.4, -0.2) is 89.0 Å². The second-order valence-electron chi connectivity index (χ2n) is 16.9. The van der Waals surface area contributed by atoms with Gasteiger partial charge in [-0.25, -0.2) is 0 Å². The Labute approximate surface area is 348 Å². The summed E-state index contributed by atoms with van der Waals surface area (Å²) in [5, 5.41) is 40.1. The van der Waals surface area contributed by atoms with Crippen LogP contribution in [0.3, 0.4) is 0 Å². The minimum Gasteiger partial charge on any atom is -0.462 e. The predicted molar refractivity (Wildman–Crippen MR) is 229 cm³/mol. The Kier molecular flexibility index (Phi) is 36.6. The monoisotopic (exact) mass is 815 g/mol. The smallest absolute Gasteiger partial charge is 0.306 e. The van der Waals surface area contributed by atoms with Gasteiger partial charge in [0.2, 0.25) is 0 Å². The maximum atomic E-state index is 12.8. The molecule has 57 heavy (non-hydrogen) atoms. The maximum absolute atomic E-state index is 12.8. The van der Waals surface area contributed by atoms with Gasteiger partial charge in [0.05, 0.1) is 13.2 Å². The fraction of sp³-hybridized carbons (Fsp3) is 0.957. The minimum atomic E-state index is -1.59. The van der Waals surface area contributed by atoms with Crippen molar-refractivity contribution in [3.05, 3.63) is 0 Å². The lowest BCUT2D eigenvalue weighted by Gasteiger charge is -2.39. The maximum Gasteiger partial charge on any atom is 0.306 e. The van der Waals surface area contributed by atoms with Crippen molar-refractivity contribution in [1.29, 1.82) is 0 Å². The van der Waals surface area contributed by atoms with Gasteiger partial charge >= 0.3 is 11.9 Å². The van der Waals surface area contributed by atoms with Gasteiger partial charge in [-0.05, 0) is 12.8 Å². The number of rotatable bonds is 41. The number of hydrogen-bond acceptors (Lipinski definition) is 10. The average Bonchev–Trinajstić information content (AvgIpc) is 3.21. The van der Waals surface area contributed by atoms with Gasteiger partial charge in [0.1, 0.15) is 31.0 Å². The quantitative estimate of drug-likeness (QED) is 0.0347. The summed E-state index contributed by atoms with van der Waals surface area (Å²) in [5.74, 6) is -0.789. The highest BCUT2D eigenvalue weighted by atomic mass is 16.7. The van der Waals surface area contributed by atoms with E-state index in [2.05, 4.69) is 13.8 Å². The number of hydrogen-bond donors (Lipinski definition) is 4. The zero-order valence-electron chi connectivity index (χ0n) is 36.9. The molecule has 4 N–H and O–H groups in total. The highest BCUT2D eigenvalue weighted by Gasteiger charge is 2.44. The topological polar surface area (TPSA) is 152 Å². The first-order chi connectivity index (χ1) is 27.8. The zero-order chi connectivity index (χ0) is 41.6. The number of unbranched alkanes of at least 4 members (excludes halogenated alkanes) is 30. The molecule has 10 heteroatoms. The van der Waals surface area contributed by atoms with Crippen molar-refractivity contribution in [2.45, 2.75) is 269 Å². The molecule has 1 aliphatic rings. The van der Waals surface area contributed by atoms with Crippen LogP contribution in [0.5, 0.6) is 0 Å². The van der Waals surface area contributed by atoms with Gasteiger partial charge in [-0.3, -0.25) is 9.59 Å². The van der Waals surface area contributed by atoms with Crippen LogP contribution in [0.25, 0.3) is 0 Å². The van der Waals surface area contributed by atoms with Crippen molar-refractivity contribution in [2.24, 2.45) is 0 Å². The summed E-state index contributed by atoms with van der Waals surface area (Å²) >= 11 is 0. The van der Waals surface area contributed by atoms with E-state index in [4.69, 9.17) is 18.9 Å². The Morgan fingerprint density at radius 1 is 0.474 bits per heavy atom. The largest absolute Gasteiger partial charge is 0.462 e. The third-order valence-electron chi connectivity index (χ3n) is 11.5. The molecule has 0 bridgehead atoms. The van der Waals surface area contributed by atoms with E-state index in [-0.39, 0.29) is 32.0 Å². The van der Waals surface area contributed by atoms with E-state index in [0.717, 1.165) is 38.5 Å². The molecule has 10 nitrogen and oxygen atoms in total. The summed E-state index contributed by atoms with van der Waals surface area (Å²) in [5.41, 5.74) is 0. The lowest BCUT2D eigenvalue weighted by molar-refractivity contribution is -0.305. The van der Waals surface area contributed by atoms with Crippen LogP contribution in [0, 0.1) is 0 Å². The Hall–Kier alpha value is -1.30. The molecule has 6 atom stereocenters. The van der Waals surface area contributed by atoms with Crippen molar-refractivity contribution >= 4 is 11.9 Å². The SMILES string of the molecule is CCCCCCCCCCCCCCCCCCCCC(=O)OC[C@@H](CO[C@H]1O[C@@H](CO)[C@@H](O)C(O)C1O)OC(=O)CCCCCCCCCCCCCCCC. The fourth-order valence-corrected chi connectivity index (χ4v) is 7.66. The first-order valence-electron chi connectivity index (χ1n) is 24.1. The Morgan fingerprint density at radius 2 is 0.825 bits per heavy atom. The number of carbonyl (C=O) groups is 2. The van der Waals surface area contributed by atoms with Crippen LogP contribution in [0.15, 0.2) is 0 Å². The summed E-state index contributed by atoms with van der Waals surface area (Å²) < 4.78 is 22.2. The molecule has 1 rings (SSSR count). The van der Waals surface area contributed by atoms with Crippen LogP contribution in [0.4, 0.5) is 0 Å². The highest BCUT2D eigenvalue weighted by molar-refractivity contribution is 5.70. The molecule has 0 saturated carbocycles. The van der Waals surface area contributed by atoms with Crippen LogP contribution in [-0.2, 0) is 28.5 Å². The van der Waals surface area contributed by atoms with E-state index in [1.165, 1.54) is 161 Å². The van der Waals surface area contributed by atoms with Gasteiger partial charge in [0.25, 0.3) is 0 Å². The molecule has 0 radical (unpaired) electrons. The molecular formula is C47H90O10. The van der Waals surface area contributed by atoms with E-state index >= 15 is 0 Å². The molecule has 1 fully saturated rings. The van der Waals surface area contributed by atoms with Crippen molar-refractivity contribution in [3.63, 3.8) is 0 Å². The normalized spacial score (nSPS) is 20.1. The Bertz CT molecular complexity index is 901. The van der Waals surface area contributed by atoms with Crippen molar-refractivity contribution < 1.29 is 49.0 Å². The molecule has 1 saturated heterocycles. The number of carbonyl (C=O) groups excluding carboxylic acids is 2. The number of aliphatic hydroxyl groups is 4. The van der Waals surface area contributed by atoms with Crippen molar-refractivity contribution in [2.75, 3.05) is 19.8 Å². The molecule has 0 amide bonds. The second kappa shape index (κ2) is 38.9.